The Bertz CT molecular complexity index is 1420. The van der Waals surface area contributed by atoms with E-state index >= 15 is 0 Å². The molecule has 0 aliphatic carbocycles. The third-order valence-corrected chi connectivity index (χ3v) is 6.46. The van der Waals surface area contributed by atoms with Crippen LogP contribution in [-0.2, 0) is 0 Å². The first-order valence-electron chi connectivity index (χ1n) is 11.4. The van der Waals surface area contributed by atoms with Crippen molar-refractivity contribution in [3.8, 4) is 17.3 Å². The summed E-state index contributed by atoms with van der Waals surface area (Å²) in [5, 5.41) is 13.6. The number of fused-ring (bicyclic) bond motifs is 1. The van der Waals surface area contributed by atoms with E-state index in [0.29, 0.717) is 29.4 Å². The van der Waals surface area contributed by atoms with Crippen molar-refractivity contribution in [1.82, 2.24) is 24.8 Å². The van der Waals surface area contributed by atoms with Crippen molar-refractivity contribution in [2.45, 2.75) is 25.7 Å². The van der Waals surface area contributed by atoms with Gasteiger partial charge in [-0.15, -0.1) is 0 Å². The number of aryl methyl sites for hydroxylation is 1. The van der Waals surface area contributed by atoms with Gasteiger partial charge in [-0.3, -0.25) is 9.69 Å². The summed E-state index contributed by atoms with van der Waals surface area (Å²) in [5.74, 6) is 0.988. The van der Waals surface area contributed by atoms with E-state index in [9.17, 15) is 4.79 Å². The number of likely N-dealkylation sites (tertiary alicyclic amines) is 1. The minimum absolute atomic E-state index is 0.194. The Morgan fingerprint density at radius 1 is 1.18 bits per heavy atom. The minimum atomic E-state index is -0.194. The van der Waals surface area contributed by atoms with Crippen LogP contribution < -0.4 is 10.9 Å². The average molecular weight is 452 g/mol. The number of nitrogens with one attached hydrogen (secondary N) is 2. The second kappa shape index (κ2) is 9.41. The van der Waals surface area contributed by atoms with Gasteiger partial charge in [0.25, 0.3) is 5.56 Å². The lowest BCUT2D eigenvalue weighted by atomic mass is 9.86. The Morgan fingerprint density at radius 3 is 2.71 bits per heavy atom. The van der Waals surface area contributed by atoms with Gasteiger partial charge in [-0.2, -0.15) is 5.26 Å². The number of hydrogen-bond donors (Lipinski definition) is 2. The predicted molar refractivity (Wildman–Crippen MR) is 132 cm³/mol. The number of aromatic nitrogens is 4. The third-order valence-electron chi connectivity index (χ3n) is 6.46. The number of benzene rings is 1. The molecule has 170 valence electrons. The van der Waals surface area contributed by atoms with Crippen LogP contribution in [0.1, 0.15) is 29.9 Å². The summed E-state index contributed by atoms with van der Waals surface area (Å²) in [6.07, 6.45) is 8.64. The fourth-order valence-electron chi connectivity index (χ4n) is 4.73. The van der Waals surface area contributed by atoms with Crippen LogP contribution in [0.4, 0.5) is 11.5 Å². The van der Waals surface area contributed by atoms with Crippen molar-refractivity contribution in [2.75, 3.05) is 25.0 Å². The van der Waals surface area contributed by atoms with Crippen molar-refractivity contribution in [3.63, 3.8) is 0 Å². The van der Waals surface area contributed by atoms with E-state index in [2.05, 4.69) is 50.3 Å². The summed E-state index contributed by atoms with van der Waals surface area (Å²) in [6, 6.07) is 12.3. The molecule has 3 aromatic heterocycles. The van der Waals surface area contributed by atoms with Crippen molar-refractivity contribution in [3.05, 3.63) is 76.7 Å². The van der Waals surface area contributed by atoms with Gasteiger partial charge in [0.15, 0.2) is 0 Å². The molecule has 1 aliphatic rings. The van der Waals surface area contributed by atoms with Crippen LogP contribution >= 0.6 is 0 Å². The van der Waals surface area contributed by atoms with E-state index < -0.39 is 0 Å². The highest BCUT2D eigenvalue weighted by molar-refractivity contribution is 5.95. The summed E-state index contributed by atoms with van der Waals surface area (Å²) in [7, 11) is 0. The Kier molecular flexibility index (Phi) is 6.02. The van der Waals surface area contributed by atoms with Gasteiger partial charge in [0, 0.05) is 29.8 Å². The maximum atomic E-state index is 12.7. The van der Waals surface area contributed by atoms with Crippen LogP contribution in [0.25, 0.3) is 22.0 Å². The van der Waals surface area contributed by atoms with Crippen molar-refractivity contribution >= 4 is 22.3 Å². The van der Waals surface area contributed by atoms with Crippen molar-refractivity contribution < 1.29 is 0 Å². The van der Waals surface area contributed by atoms with Crippen LogP contribution in [0.3, 0.4) is 0 Å². The van der Waals surface area contributed by atoms with Crippen molar-refractivity contribution in [1.29, 1.82) is 5.26 Å². The summed E-state index contributed by atoms with van der Waals surface area (Å²) in [4.78, 5) is 30.6. The maximum absolute atomic E-state index is 12.7. The van der Waals surface area contributed by atoms with Gasteiger partial charge in [0.2, 0.25) is 0 Å². The SMILES string of the molecule is Cc1cc(Nc2nc(-c3cncnc3)cc3cc[nH]c(=O)c23)ccc1C1CCN(CC#N)CC1. The summed E-state index contributed by atoms with van der Waals surface area (Å²) < 4.78 is 0. The summed E-state index contributed by atoms with van der Waals surface area (Å²) in [5.41, 5.74) is 4.70. The highest BCUT2D eigenvalue weighted by Crippen LogP contribution is 2.33. The number of anilines is 2. The Morgan fingerprint density at radius 2 is 1.97 bits per heavy atom. The van der Waals surface area contributed by atoms with Crippen LogP contribution in [0.2, 0.25) is 0 Å². The zero-order valence-corrected chi connectivity index (χ0v) is 19.0. The number of pyridine rings is 2. The molecule has 0 atom stereocenters. The Hall–Kier alpha value is -4.09. The zero-order valence-electron chi connectivity index (χ0n) is 19.0. The van der Waals surface area contributed by atoms with E-state index in [0.717, 1.165) is 42.6 Å². The lowest BCUT2D eigenvalue weighted by Crippen LogP contribution is -2.33. The van der Waals surface area contributed by atoms with Gasteiger partial charge in [0.1, 0.15) is 12.1 Å². The standard InChI is InChI=1S/C26H25N7O/c1-17-12-21(2-3-22(17)18-5-9-33(10-6-18)11-7-27)31-25-24-19(4-8-30-26(24)34)13-23(32-25)20-14-28-16-29-15-20/h2-4,8,12-16,18H,5-6,9-11H2,1H3,(H,30,34)(H,31,32). The average Bonchev–Trinajstić information content (AvgIpc) is 2.85. The van der Waals surface area contributed by atoms with Gasteiger partial charge >= 0.3 is 0 Å². The molecule has 0 spiro atoms. The molecular formula is C26H25N7O. The molecule has 1 aliphatic heterocycles. The first-order chi connectivity index (χ1) is 16.6. The number of nitrogens with zero attached hydrogens (tertiary/aromatic N) is 5. The third kappa shape index (κ3) is 4.38. The normalized spacial score (nSPS) is 14.7. The number of rotatable bonds is 5. The molecule has 1 fully saturated rings. The van der Waals surface area contributed by atoms with Gasteiger partial charge in [-0.25, -0.2) is 15.0 Å². The molecule has 0 unspecified atom stereocenters. The van der Waals surface area contributed by atoms with E-state index in [1.807, 2.05) is 18.2 Å². The first-order valence-corrected chi connectivity index (χ1v) is 11.4. The van der Waals surface area contributed by atoms with Gasteiger partial charge in [0.05, 0.1) is 23.7 Å². The number of hydrogen-bond acceptors (Lipinski definition) is 7. The van der Waals surface area contributed by atoms with Crippen LogP contribution in [0.5, 0.6) is 0 Å². The van der Waals surface area contributed by atoms with Gasteiger partial charge < -0.3 is 10.3 Å². The molecule has 1 saturated heterocycles. The van der Waals surface area contributed by atoms with Crippen molar-refractivity contribution in [2.24, 2.45) is 0 Å². The molecule has 8 heteroatoms. The zero-order chi connectivity index (χ0) is 23.5. The van der Waals surface area contributed by atoms with Gasteiger partial charge in [-0.1, -0.05) is 6.07 Å². The monoisotopic (exact) mass is 451 g/mol. The predicted octanol–water partition coefficient (Wildman–Crippen LogP) is 4.14. The Balaban J connectivity index is 1.46. The molecule has 5 rings (SSSR count). The van der Waals surface area contributed by atoms with Gasteiger partial charge in [-0.05, 0) is 79.6 Å². The molecule has 4 aromatic rings. The molecule has 0 amide bonds. The highest BCUT2D eigenvalue weighted by Gasteiger charge is 2.22. The highest BCUT2D eigenvalue weighted by atomic mass is 16.1. The molecule has 34 heavy (non-hydrogen) atoms. The largest absolute Gasteiger partial charge is 0.340 e. The maximum Gasteiger partial charge on any atom is 0.259 e. The number of aromatic amines is 1. The summed E-state index contributed by atoms with van der Waals surface area (Å²) in [6.45, 7) is 4.53. The minimum Gasteiger partial charge on any atom is -0.340 e. The van der Waals surface area contributed by atoms with E-state index in [4.69, 9.17) is 10.2 Å². The molecule has 0 saturated carbocycles. The van der Waals surface area contributed by atoms with Crippen LogP contribution in [0.15, 0.2) is 60.0 Å². The molecule has 0 bridgehead atoms. The molecule has 4 heterocycles. The first kappa shape index (κ1) is 21.7. The van der Waals surface area contributed by atoms with E-state index in [-0.39, 0.29) is 5.56 Å². The second-order valence-electron chi connectivity index (χ2n) is 8.66. The van der Waals surface area contributed by atoms with E-state index in [1.54, 1.807) is 18.6 Å². The summed E-state index contributed by atoms with van der Waals surface area (Å²) >= 11 is 0. The topological polar surface area (TPSA) is 111 Å². The lowest BCUT2D eigenvalue weighted by Gasteiger charge is -2.31. The Labute approximate surface area is 197 Å². The number of H-pyrrole nitrogens is 1. The smallest absolute Gasteiger partial charge is 0.259 e. The number of piperidine rings is 1. The van der Waals surface area contributed by atoms with Crippen LogP contribution in [0, 0.1) is 18.3 Å². The van der Waals surface area contributed by atoms with E-state index in [1.165, 1.54) is 17.5 Å². The fourth-order valence-corrected chi connectivity index (χ4v) is 4.73. The molecule has 8 nitrogen and oxygen atoms in total. The second-order valence-corrected chi connectivity index (χ2v) is 8.66. The quantitative estimate of drug-likeness (QED) is 0.439. The fraction of sp³-hybridized carbons (Fsp3) is 0.269. The molecule has 1 aromatic carbocycles. The number of nitriles is 1. The molecule has 0 radical (unpaired) electrons. The molecule has 2 N–H and O–H groups in total. The van der Waals surface area contributed by atoms with Crippen LogP contribution in [-0.4, -0.2) is 44.5 Å². The lowest BCUT2D eigenvalue weighted by molar-refractivity contribution is 0.234. The molecular weight excluding hydrogens is 426 g/mol.